The molecule has 0 saturated heterocycles. The van der Waals surface area contributed by atoms with Gasteiger partial charge in [0.2, 0.25) is 0 Å². The lowest BCUT2D eigenvalue weighted by Gasteiger charge is -2.21. The van der Waals surface area contributed by atoms with Gasteiger partial charge in [0.25, 0.3) is 0 Å². The molecule has 0 rings (SSSR count). The Labute approximate surface area is 677 Å². The summed E-state index contributed by atoms with van der Waals surface area (Å²) in [4.78, 5) is 73.2. The molecule has 0 heterocycles. The molecule has 3 N–H and O–H groups in total. The average molecular weight is 1600 g/mol. The van der Waals surface area contributed by atoms with E-state index < -0.39 is 97.5 Å². The van der Waals surface area contributed by atoms with Gasteiger partial charge in [-0.1, -0.05) is 304 Å². The van der Waals surface area contributed by atoms with Crippen LogP contribution in [-0.4, -0.2) is 96.7 Å². The number of rotatable bonds is 76. The Bertz CT molecular complexity index is 2990. The number of carbonyl (C=O) groups excluding carboxylic acids is 4. The summed E-state index contributed by atoms with van der Waals surface area (Å²) < 4.78 is 68.6. The second-order valence-electron chi connectivity index (χ2n) is 26.9. The van der Waals surface area contributed by atoms with Crippen LogP contribution in [0.4, 0.5) is 0 Å². The monoisotopic (exact) mass is 1600 g/mol. The van der Waals surface area contributed by atoms with Crippen LogP contribution in [0.25, 0.3) is 0 Å². The Morgan fingerprint density at radius 3 is 0.768 bits per heavy atom. The van der Waals surface area contributed by atoms with Crippen molar-refractivity contribution in [3.63, 3.8) is 0 Å². The van der Waals surface area contributed by atoms with Gasteiger partial charge in [0.05, 0.1) is 26.4 Å². The molecule has 0 spiro atoms. The first-order valence-electron chi connectivity index (χ1n) is 42.0. The van der Waals surface area contributed by atoms with Gasteiger partial charge in [0, 0.05) is 25.7 Å². The number of allylic oxidation sites excluding steroid dienone is 36. The number of aliphatic hydroxyl groups is 1. The van der Waals surface area contributed by atoms with Crippen molar-refractivity contribution in [1.82, 2.24) is 0 Å². The van der Waals surface area contributed by atoms with Gasteiger partial charge >= 0.3 is 39.5 Å². The van der Waals surface area contributed by atoms with Gasteiger partial charge in [0.1, 0.15) is 19.3 Å². The van der Waals surface area contributed by atoms with Crippen molar-refractivity contribution in [2.45, 2.75) is 303 Å². The van der Waals surface area contributed by atoms with E-state index in [-0.39, 0.29) is 25.7 Å². The Morgan fingerprint density at radius 2 is 0.482 bits per heavy atom. The lowest BCUT2D eigenvalue weighted by molar-refractivity contribution is -0.161. The molecule has 112 heavy (non-hydrogen) atoms. The summed E-state index contributed by atoms with van der Waals surface area (Å²) in [5.74, 6) is -2.44. The molecule has 0 aromatic carbocycles. The Morgan fingerprint density at radius 1 is 0.259 bits per heavy atom. The first-order valence-corrected chi connectivity index (χ1v) is 45.0. The summed E-state index contributed by atoms with van der Waals surface area (Å²) in [6.07, 6.45) is 105. The molecule has 630 valence electrons. The Hall–Kier alpha value is -6.62. The maximum absolute atomic E-state index is 13.1. The number of ether oxygens (including phenoxy) is 4. The van der Waals surface area contributed by atoms with Crippen LogP contribution >= 0.6 is 15.6 Å². The second kappa shape index (κ2) is 82.4. The quantitative estimate of drug-likeness (QED) is 0.0169. The van der Waals surface area contributed by atoms with Crippen molar-refractivity contribution in [2.24, 2.45) is 0 Å². The largest absolute Gasteiger partial charge is 0.472 e. The number of esters is 4. The van der Waals surface area contributed by atoms with E-state index in [1.54, 1.807) is 0 Å². The lowest BCUT2D eigenvalue weighted by Crippen LogP contribution is -2.30. The molecular weight excluding hydrogens is 1450 g/mol. The topological polar surface area (TPSA) is 237 Å². The summed E-state index contributed by atoms with van der Waals surface area (Å²) in [6, 6.07) is 0. The SMILES string of the molecule is CC/C=C\C/C=C\C/C=C\C/C=C\C/C=C\C/C=C\CCC(=O)OC[C@H](COP(=O)(O)OC[C@@H](O)COP(=O)(O)OC[C@@H](COC(=O)CC/C=C\C/C=C\C/C=C\C/C=C\C/C=C\C/C=C\CC)OC(=O)CCCCCCCCC/C=C\CCCCCC)OC(=O)CCCCC/C=C\C/C=C\C/C=C\C/C=C\C/C=C\CC. The van der Waals surface area contributed by atoms with E-state index in [9.17, 15) is 43.2 Å². The molecule has 0 saturated carbocycles. The summed E-state index contributed by atoms with van der Waals surface area (Å²) in [7, 11) is -10.0. The molecule has 0 radical (unpaired) electrons. The Kier molecular flexibility index (Phi) is 77.5. The molecule has 2 unspecified atom stereocenters. The summed E-state index contributed by atoms with van der Waals surface area (Å²) in [5, 5.41) is 10.7. The van der Waals surface area contributed by atoms with Crippen molar-refractivity contribution in [2.75, 3.05) is 39.6 Å². The second-order valence-corrected chi connectivity index (χ2v) is 29.8. The molecule has 0 fully saturated rings. The van der Waals surface area contributed by atoms with Gasteiger partial charge in [-0.05, 0) is 173 Å². The highest BCUT2D eigenvalue weighted by Gasteiger charge is 2.30. The highest BCUT2D eigenvalue weighted by molar-refractivity contribution is 7.47. The number of hydrogen-bond donors (Lipinski definition) is 3. The van der Waals surface area contributed by atoms with Gasteiger partial charge in [-0.3, -0.25) is 37.3 Å². The van der Waals surface area contributed by atoms with Crippen molar-refractivity contribution in [3.8, 4) is 0 Å². The number of hydrogen-bond acceptors (Lipinski definition) is 15. The number of phosphoric acid groups is 2. The van der Waals surface area contributed by atoms with E-state index in [4.69, 9.17) is 37.0 Å². The third-order valence-electron chi connectivity index (χ3n) is 16.4. The van der Waals surface area contributed by atoms with Gasteiger partial charge in [-0.2, -0.15) is 0 Å². The average Bonchev–Trinajstić information content (AvgIpc) is 0.898. The Balaban J connectivity index is 5.57. The number of phosphoric ester groups is 2. The molecule has 0 aliphatic carbocycles. The van der Waals surface area contributed by atoms with Crippen LogP contribution in [0.5, 0.6) is 0 Å². The molecule has 19 heteroatoms. The van der Waals surface area contributed by atoms with E-state index >= 15 is 0 Å². The maximum atomic E-state index is 13.1. The fraction of sp³-hybridized carbons (Fsp3) is 0.570. The predicted octanol–water partition coefficient (Wildman–Crippen LogP) is 25.2. The van der Waals surface area contributed by atoms with Crippen molar-refractivity contribution < 1.29 is 80.2 Å². The molecule has 0 bridgehead atoms. The molecule has 0 aromatic rings. The minimum absolute atomic E-state index is 0.0176. The zero-order valence-corrected chi connectivity index (χ0v) is 70.8. The van der Waals surface area contributed by atoms with Crippen molar-refractivity contribution >= 4 is 39.5 Å². The van der Waals surface area contributed by atoms with E-state index in [2.05, 4.69) is 210 Å². The van der Waals surface area contributed by atoms with Crippen LogP contribution in [0.2, 0.25) is 0 Å². The molecule has 0 amide bonds. The fourth-order valence-electron chi connectivity index (χ4n) is 10.2. The highest BCUT2D eigenvalue weighted by atomic mass is 31.2. The van der Waals surface area contributed by atoms with Gasteiger partial charge in [-0.15, -0.1) is 0 Å². The molecule has 17 nitrogen and oxygen atoms in total. The minimum atomic E-state index is -5.03. The predicted molar refractivity (Wildman–Crippen MR) is 463 cm³/mol. The molecule has 0 aliphatic rings. The zero-order chi connectivity index (χ0) is 81.7. The third-order valence-corrected chi connectivity index (χ3v) is 18.3. The normalized spacial score (nSPS) is 14.9. The van der Waals surface area contributed by atoms with E-state index in [0.717, 1.165) is 167 Å². The summed E-state index contributed by atoms with van der Waals surface area (Å²) in [6.45, 7) is 4.28. The highest BCUT2D eigenvalue weighted by Crippen LogP contribution is 2.45. The van der Waals surface area contributed by atoms with Crippen LogP contribution in [0.1, 0.15) is 285 Å². The maximum Gasteiger partial charge on any atom is 0.472 e. The van der Waals surface area contributed by atoms with Crippen LogP contribution in [-0.2, 0) is 65.4 Å². The van der Waals surface area contributed by atoms with Crippen LogP contribution in [0.3, 0.4) is 0 Å². The molecule has 0 aromatic heterocycles. The summed E-state index contributed by atoms with van der Waals surface area (Å²) in [5.41, 5.74) is 0. The smallest absolute Gasteiger partial charge is 0.462 e. The lowest BCUT2D eigenvalue weighted by atomic mass is 10.1. The van der Waals surface area contributed by atoms with Gasteiger partial charge in [0.15, 0.2) is 12.2 Å². The molecular formula is C93H146O17P2. The van der Waals surface area contributed by atoms with Crippen LogP contribution in [0, 0.1) is 0 Å². The number of aliphatic hydroxyl groups excluding tert-OH is 1. The zero-order valence-electron chi connectivity index (χ0n) is 69.0. The minimum Gasteiger partial charge on any atom is -0.462 e. The van der Waals surface area contributed by atoms with Gasteiger partial charge < -0.3 is 33.8 Å². The first kappa shape index (κ1) is 105. The fourth-order valence-corrected chi connectivity index (χ4v) is 11.8. The summed E-state index contributed by atoms with van der Waals surface area (Å²) >= 11 is 0. The van der Waals surface area contributed by atoms with E-state index in [0.29, 0.717) is 38.5 Å². The van der Waals surface area contributed by atoms with E-state index in [1.807, 2.05) is 36.5 Å². The van der Waals surface area contributed by atoms with Crippen LogP contribution < -0.4 is 0 Å². The third kappa shape index (κ3) is 81.4. The van der Waals surface area contributed by atoms with Crippen molar-refractivity contribution in [1.29, 1.82) is 0 Å². The number of unbranched alkanes of at least 4 members (excludes halogenated alkanes) is 14. The molecule has 5 atom stereocenters. The standard InChI is InChI=1S/C93H146O17P2/c1-5-9-13-17-21-25-29-33-37-40-43-46-50-53-57-61-65-69-73-77-90(95)103-83-88(109-92(97)79-75-71-67-63-59-55-49-36-32-28-24-20-16-12-8-4)85-107-111(99,100)105-81-87(94)82-106-112(101,102)108-86-89(110-93(98)80-76-72-68-64-60-56-52-48-45-42-39-35-31-27-23-19-15-11-7-3)84-104-91(96)78-74-70-66-62-58-54-51-47-44-41-38-34-30-26-22-18-14-10-6-2/h9-11,13-15,21-23,25-28,32-35,37-39,43-48,53-54,56-58,60,65-66,69-70,87-89,94H,5-8,12,16-20,24,29-31,36,40-42,49-52,55,59,61-64,67-68,71-86H2,1-4H3,(H,99,100)(H,101,102)/b13-9-,14-10-,15-11-,25-21-,26-22-,27-23-,32-28-,37-33-,38-34-,39-35-,46-43-,47-44-,48-45-,57-53-,58-54-,60-56-,69-65-,70-66-/t87-,88+,89+/m0/s1. The first-order chi connectivity index (χ1) is 54.7. The van der Waals surface area contributed by atoms with Crippen LogP contribution in [0.15, 0.2) is 219 Å². The van der Waals surface area contributed by atoms with Gasteiger partial charge in [-0.25, -0.2) is 9.13 Å². The van der Waals surface area contributed by atoms with Crippen molar-refractivity contribution in [3.05, 3.63) is 219 Å². The molecule has 0 aliphatic heterocycles. The van der Waals surface area contributed by atoms with E-state index in [1.165, 1.54) is 25.7 Å². The number of carbonyl (C=O) groups is 4.